The van der Waals surface area contributed by atoms with Crippen LogP contribution in [0.25, 0.3) is 22.1 Å². The molecule has 0 unspecified atom stereocenters. The van der Waals surface area contributed by atoms with Gasteiger partial charge in [-0.3, -0.25) is 14.4 Å². The summed E-state index contributed by atoms with van der Waals surface area (Å²) in [5.74, 6) is -0.669. The van der Waals surface area contributed by atoms with Gasteiger partial charge in [-0.1, -0.05) is 54.2 Å². The van der Waals surface area contributed by atoms with E-state index in [0.717, 1.165) is 22.7 Å². The second-order valence-electron chi connectivity index (χ2n) is 7.76. The molecular weight excluding hydrogens is 450 g/mol. The lowest BCUT2D eigenvalue weighted by atomic mass is 9.84. The largest absolute Gasteiger partial charge is 0.338 e. The van der Waals surface area contributed by atoms with Crippen LogP contribution < -0.4 is 5.32 Å². The summed E-state index contributed by atoms with van der Waals surface area (Å²) < 4.78 is 0. The monoisotopic (exact) mass is 465 g/mol. The van der Waals surface area contributed by atoms with Gasteiger partial charge in [-0.25, -0.2) is 4.98 Å². The predicted octanol–water partition coefficient (Wildman–Crippen LogP) is 4.01. The van der Waals surface area contributed by atoms with Gasteiger partial charge < -0.3 is 10.3 Å². The van der Waals surface area contributed by atoms with Gasteiger partial charge >= 0.3 is 0 Å². The van der Waals surface area contributed by atoms with E-state index in [1.165, 1.54) is 0 Å². The lowest BCUT2D eigenvalue weighted by Crippen LogP contribution is -2.21. The van der Waals surface area contributed by atoms with Gasteiger partial charge in [0.25, 0.3) is 0 Å². The van der Waals surface area contributed by atoms with Crippen LogP contribution in [0.15, 0.2) is 71.9 Å². The molecule has 3 aromatic carbocycles. The Morgan fingerprint density at radius 1 is 0.853 bits per heavy atom. The first-order valence-corrected chi connectivity index (χ1v) is 11.4. The normalized spacial score (nSPS) is 12.6. The maximum atomic E-state index is 12.9. The number of ketones is 2. The van der Waals surface area contributed by atoms with E-state index in [1.54, 1.807) is 42.5 Å². The molecule has 34 heavy (non-hydrogen) atoms. The highest BCUT2D eigenvalue weighted by molar-refractivity contribution is 7.99. The summed E-state index contributed by atoms with van der Waals surface area (Å²) in [6, 6.07) is 19.2. The molecule has 0 aliphatic heterocycles. The topological polar surface area (TPSA) is 118 Å². The fourth-order valence-corrected chi connectivity index (χ4v) is 4.66. The second kappa shape index (κ2) is 7.89. The molecule has 2 heterocycles. The summed E-state index contributed by atoms with van der Waals surface area (Å²) in [5.41, 5.74) is 4.03. The average Bonchev–Trinajstić information content (AvgIpc) is 3.24. The number of rotatable bonds is 4. The number of carbonyl (C=O) groups excluding carboxylic acids is 3. The molecule has 9 heteroatoms. The Bertz CT molecular complexity index is 1660. The number of nitrogens with one attached hydrogen (secondary N) is 2. The first-order chi connectivity index (χ1) is 16.6. The molecular formula is C25H15N5O3S. The number of hydrogen-bond donors (Lipinski definition) is 2. The molecule has 164 valence electrons. The van der Waals surface area contributed by atoms with E-state index in [1.807, 2.05) is 24.3 Å². The molecule has 2 aromatic heterocycles. The zero-order chi connectivity index (χ0) is 23.2. The average molecular weight is 465 g/mol. The fourth-order valence-electron chi connectivity index (χ4n) is 4.07. The highest BCUT2D eigenvalue weighted by atomic mass is 32.2. The van der Waals surface area contributed by atoms with Crippen molar-refractivity contribution in [3.8, 4) is 0 Å². The number of fused-ring (bicyclic) bond motifs is 5. The number of amides is 1. The van der Waals surface area contributed by atoms with Crippen molar-refractivity contribution in [2.24, 2.45) is 0 Å². The molecule has 5 aromatic rings. The van der Waals surface area contributed by atoms with Crippen LogP contribution in [0.3, 0.4) is 0 Å². The van der Waals surface area contributed by atoms with E-state index < -0.39 is 0 Å². The third kappa shape index (κ3) is 3.34. The SMILES string of the molecule is O=C(CSc1nnc2c(n1)[nH]c1ccccc12)Nc1ccc2c(c1)C(=O)c1ccccc1C2=O. The predicted molar refractivity (Wildman–Crippen MR) is 128 cm³/mol. The fraction of sp³-hybridized carbons (Fsp3) is 0.0400. The maximum Gasteiger partial charge on any atom is 0.234 e. The van der Waals surface area contributed by atoms with Crippen LogP contribution in [0.2, 0.25) is 0 Å². The summed E-state index contributed by atoms with van der Waals surface area (Å²) >= 11 is 1.16. The first kappa shape index (κ1) is 20.3. The van der Waals surface area contributed by atoms with Crippen LogP contribution in [-0.4, -0.2) is 43.4 Å². The minimum absolute atomic E-state index is 0.0558. The molecule has 0 atom stereocenters. The highest BCUT2D eigenvalue weighted by Gasteiger charge is 2.29. The Labute approximate surface area is 196 Å². The number of aromatic nitrogens is 4. The van der Waals surface area contributed by atoms with E-state index in [0.29, 0.717) is 38.7 Å². The van der Waals surface area contributed by atoms with Gasteiger partial charge in [0, 0.05) is 38.8 Å². The van der Waals surface area contributed by atoms with Crippen LogP contribution in [0.4, 0.5) is 5.69 Å². The van der Waals surface area contributed by atoms with Gasteiger partial charge in [0.2, 0.25) is 11.1 Å². The van der Waals surface area contributed by atoms with Crippen molar-refractivity contribution in [2.45, 2.75) is 5.16 Å². The quantitative estimate of drug-likeness (QED) is 0.378. The van der Waals surface area contributed by atoms with Crippen molar-refractivity contribution in [1.82, 2.24) is 20.2 Å². The van der Waals surface area contributed by atoms with Crippen LogP contribution in [-0.2, 0) is 4.79 Å². The highest BCUT2D eigenvalue weighted by Crippen LogP contribution is 2.29. The molecule has 0 radical (unpaired) electrons. The Hall–Kier alpha value is -4.37. The number of benzene rings is 3. The molecule has 0 fully saturated rings. The van der Waals surface area contributed by atoms with Gasteiger partial charge in [0.15, 0.2) is 17.2 Å². The molecule has 2 N–H and O–H groups in total. The number of H-pyrrole nitrogens is 1. The number of hydrogen-bond acceptors (Lipinski definition) is 7. The summed E-state index contributed by atoms with van der Waals surface area (Å²) in [6.45, 7) is 0. The molecule has 0 spiro atoms. The minimum atomic E-state index is -0.291. The second-order valence-corrected chi connectivity index (χ2v) is 8.71. The molecule has 6 rings (SSSR count). The summed E-state index contributed by atoms with van der Waals surface area (Å²) in [5, 5.41) is 12.5. The van der Waals surface area contributed by atoms with E-state index in [9.17, 15) is 14.4 Å². The summed E-state index contributed by atoms with van der Waals surface area (Å²) in [7, 11) is 0. The van der Waals surface area contributed by atoms with Gasteiger partial charge in [-0.05, 0) is 24.3 Å². The van der Waals surface area contributed by atoms with Crippen molar-refractivity contribution in [3.05, 3.63) is 89.0 Å². The van der Waals surface area contributed by atoms with Crippen LogP contribution in [0.5, 0.6) is 0 Å². The van der Waals surface area contributed by atoms with E-state index >= 15 is 0 Å². The Morgan fingerprint density at radius 3 is 2.38 bits per heavy atom. The van der Waals surface area contributed by atoms with Crippen molar-refractivity contribution in [3.63, 3.8) is 0 Å². The standard InChI is InChI=1S/C25H15N5O3S/c31-20(12-34-25-28-24-21(29-30-25)17-7-3-4-8-19(17)27-24)26-13-9-10-16-18(11-13)23(33)15-6-2-1-5-14(15)22(16)32/h1-11H,12H2,(H,26,31)(H,27,28,30). The molecule has 8 nitrogen and oxygen atoms in total. The smallest absolute Gasteiger partial charge is 0.234 e. The molecule has 1 aliphatic carbocycles. The lowest BCUT2D eigenvalue weighted by Gasteiger charge is -2.18. The molecule has 0 saturated carbocycles. The summed E-state index contributed by atoms with van der Waals surface area (Å²) in [6.07, 6.45) is 0. The first-order valence-electron chi connectivity index (χ1n) is 10.4. The Balaban J connectivity index is 1.18. The van der Waals surface area contributed by atoms with Crippen molar-refractivity contribution < 1.29 is 14.4 Å². The van der Waals surface area contributed by atoms with Gasteiger partial charge in [-0.2, -0.15) is 0 Å². The molecule has 0 saturated heterocycles. The zero-order valence-corrected chi connectivity index (χ0v) is 18.3. The molecule has 0 bridgehead atoms. The van der Waals surface area contributed by atoms with E-state index in [2.05, 4.69) is 25.5 Å². The lowest BCUT2D eigenvalue weighted by molar-refractivity contribution is -0.113. The van der Waals surface area contributed by atoms with Crippen molar-refractivity contribution in [1.29, 1.82) is 0 Å². The number of aromatic amines is 1. The van der Waals surface area contributed by atoms with Gasteiger partial charge in [0.1, 0.15) is 5.52 Å². The summed E-state index contributed by atoms with van der Waals surface area (Å²) in [4.78, 5) is 45.8. The number of carbonyl (C=O) groups is 3. The van der Waals surface area contributed by atoms with Gasteiger partial charge in [-0.15, -0.1) is 10.2 Å². The van der Waals surface area contributed by atoms with Crippen LogP contribution in [0, 0.1) is 0 Å². The van der Waals surface area contributed by atoms with Gasteiger partial charge in [0.05, 0.1) is 5.75 Å². The third-order valence-corrected chi connectivity index (χ3v) is 6.48. The number of anilines is 1. The van der Waals surface area contributed by atoms with Crippen LogP contribution in [0.1, 0.15) is 31.8 Å². The van der Waals surface area contributed by atoms with E-state index in [4.69, 9.17) is 0 Å². The number of para-hydroxylation sites is 1. The molecule has 1 aliphatic rings. The third-order valence-electron chi connectivity index (χ3n) is 5.64. The van der Waals surface area contributed by atoms with E-state index in [-0.39, 0.29) is 28.8 Å². The molecule has 1 amide bonds. The Kier molecular flexibility index (Phi) is 4.70. The number of nitrogens with zero attached hydrogens (tertiary/aromatic N) is 3. The van der Waals surface area contributed by atoms with Crippen LogP contribution >= 0.6 is 11.8 Å². The minimum Gasteiger partial charge on any atom is -0.338 e. The number of thioether (sulfide) groups is 1. The Morgan fingerprint density at radius 2 is 1.56 bits per heavy atom. The zero-order valence-electron chi connectivity index (χ0n) is 17.5. The van der Waals surface area contributed by atoms with Crippen molar-refractivity contribution >= 4 is 57.0 Å². The van der Waals surface area contributed by atoms with Crippen molar-refractivity contribution in [2.75, 3.05) is 11.1 Å². The maximum absolute atomic E-state index is 12.9.